The molecule has 17 heavy (non-hydrogen) atoms. The van der Waals surface area contributed by atoms with Gasteiger partial charge in [0.05, 0.1) is 6.04 Å². The smallest absolute Gasteiger partial charge is 0.326 e. The summed E-state index contributed by atoms with van der Waals surface area (Å²) in [5.41, 5.74) is 5.63. The number of hydrogen-bond donors (Lipinski definition) is 3. The minimum Gasteiger partial charge on any atom is -0.480 e. The number of amides is 1. The Labute approximate surface area is 109 Å². The maximum atomic E-state index is 11.6. The molecule has 2 atom stereocenters. The summed E-state index contributed by atoms with van der Waals surface area (Å²) < 4.78 is 0. The van der Waals surface area contributed by atoms with Crippen molar-refractivity contribution in [2.24, 2.45) is 17.6 Å². The first-order valence-electron chi connectivity index (χ1n) is 5.54. The molecule has 0 aromatic heterocycles. The Morgan fingerprint density at radius 3 is 2.00 bits per heavy atom. The van der Waals surface area contributed by atoms with E-state index >= 15 is 0 Å². The van der Waals surface area contributed by atoms with E-state index in [1.54, 1.807) is 0 Å². The lowest BCUT2D eigenvalue weighted by Crippen LogP contribution is -2.50. The zero-order valence-corrected chi connectivity index (χ0v) is 11.6. The fourth-order valence-corrected chi connectivity index (χ4v) is 1.26. The van der Waals surface area contributed by atoms with Crippen LogP contribution in [-0.2, 0) is 9.59 Å². The van der Waals surface area contributed by atoms with Gasteiger partial charge in [0, 0.05) is 0 Å². The van der Waals surface area contributed by atoms with E-state index in [4.69, 9.17) is 10.8 Å². The van der Waals surface area contributed by atoms with Crippen molar-refractivity contribution in [2.75, 3.05) is 0 Å². The second-order valence-electron chi connectivity index (χ2n) is 4.80. The lowest BCUT2D eigenvalue weighted by Gasteiger charge is -2.20. The highest BCUT2D eigenvalue weighted by Crippen LogP contribution is 2.06. The molecule has 0 fully saturated rings. The van der Waals surface area contributed by atoms with Crippen molar-refractivity contribution in [1.29, 1.82) is 0 Å². The van der Waals surface area contributed by atoms with Crippen LogP contribution in [0.25, 0.3) is 0 Å². The minimum atomic E-state index is -1.02. The van der Waals surface area contributed by atoms with E-state index in [-0.39, 0.29) is 24.2 Å². The lowest BCUT2D eigenvalue weighted by molar-refractivity contribution is -0.142. The molecule has 0 aliphatic heterocycles. The van der Waals surface area contributed by atoms with Crippen molar-refractivity contribution in [3.05, 3.63) is 0 Å². The van der Waals surface area contributed by atoms with Crippen LogP contribution in [0.3, 0.4) is 0 Å². The summed E-state index contributed by atoms with van der Waals surface area (Å²) >= 11 is 0. The Morgan fingerprint density at radius 2 is 1.71 bits per heavy atom. The van der Waals surface area contributed by atoms with Crippen molar-refractivity contribution in [1.82, 2.24) is 5.32 Å². The molecule has 0 rings (SSSR count). The molecule has 0 bridgehead atoms. The molecule has 0 radical (unpaired) electrons. The van der Waals surface area contributed by atoms with Crippen LogP contribution < -0.4 is 11.1 Å². The number of carbonyl (C=O) groups is 2. The molecule has 0 aliphatic carbocycles. The molecule has 0 aromatic rings. The summed E-state index contributed by atoms with van der Waals surface area (Å²) in [5.74, 6) is -1.22. The minimum absolute atomic E-state index is 0. The van der Waals surface area contributed by atoms with Gasteiger partial charge >= 0.3 is 5.97 Å². The van der Waals surface area contributed by atoms with Gasteiger partial charge in [0.15, 0.2) is 0 Å². The van der Waals surface area contributed by atoms with Crippen LogP contribution in [0.1, 0.15) is 34.1 Å². The summed E-state index contributed by atoms with van der Waals surface area (Å²) in [7, 11) is 0. The van der Waals surface area contributed by atoms with Gasteiger partial charge in [0.2, 0.25) is 5.91 Å². The van der Waals surface area contributed by atoms with Crippen molar-refractivity contribution >= 4 is 24.3 Å². The summed E-state index contributed by atoms with van der Waals surface area (Å²) in [5, 5.41) is 11.4. The molecule has 1 amide bonds. The summed E-state index contributed by atoms with van der Waals surface area (Å²) in [6, 6.07) is -1.51. The Bertz CT molecular complexity index is 257. The highest BCUT2D eigenvalue weighted by molar-refractivity contribution is 5.86. The number of carbonyl (C=O) groups excluding carboxylic acids is 1. The first-order chi connectivity index (χ1) is 7.25. The quantitative estimate of drug-likeness (QED) is 0.669. The van der Waals surface area contributed by atoms with Gasteiger partial charge in [-0.05, 0) is 18.3 Å². The third-order valence-corrected chi connectivity index (χ3v) is 2.34. The molecule has 102 valence electrons. The Morgan fingerprint density at radius 1 is 1.24 bits per heavy atom. The van der Waals surface area contributed by atoms with Crippen LogP contribution in [0.15, 0.2) is 0 Å². The topological polar surface area (TPSA) is 92.4 Å². The van der Waals surface area contributed by atoms with Crippen molar-refractivity contribution in [2.45, 2.75) is 46.2 Å². The predicted octanol–water partition coefficient (Wildman–Crippen LogP) is 1.01. The van der Waals surface area contributed by atoms with Crippen LogP contribution in [0, 0.1) is 11.8 Å². The van der Waals surface area contributed by atoms with E-state index < -0.39 is 24.0 Å². The van der Waals surface area contributed by atoms with Crippen molar-refractivity contribution in [3.8, 4) is 0 Å². The summed E-state index contributed by atoms with van der Waals surface area (Å²) in [6.45, 7) is 7.46. The van der Waals surface area contributed by atoms with Crippen LogP contribution in [0.5, 0.6) is 0 Å². The number of halogens is 1. The van der Waals surface area contributed by atoms with Crippen molar-refractivity contribution < 1.29 is 14.7 Å². The second kappa shape index (κ2) is 8.31. The molecule has 0 saturated heterocycles. The molecule has 6 heteroatoms. The Balaban J connectivity index is 0. The SMILES string of the molecule is CC(C)C[C@H](NC(=O)[C@@H](N)C(C)C)C(=O)O.Cl. The summed E-state index contributed by atoms with van der Waals surface area (Å²) in [6.07, 6.45) is 0.409. The molecule has 4 N–H and O–H groups in total. The normalized spacial score (nSPS) is 14.1. The molecule has 0 aromatic carbocycles. The van der Waals surface area contributed by atoms with E-state index in [1.807, 2.05) is 27.7 Å². The summed E-state index contributed by atoms with van der Waals surface area (Å²) in [4.78, 5) is 22.5. The first-order valence-corrected chi connectivity index (χ1v) is 5.54. The standard InChI is InChI=1S/C11H22N2O3.ClH/c1-6(2)5-8(11(15)16)13-10(14)9(12)7(3)4;/h6-9H,5,12H2,1-4H3,(H,13,14)(H,15,16);1H/t8-,9-;/m0./s1. The van der Waals surface area contributed by atoms with Gasteiger partial charge in [0.25, 0.3) is 0 Å². The van der Waals surface area contributed by atoms with Crippen molar-refractivity contribution in [3.63, 3.8) is 0 Å². The highest BCUT2D eigenvalue weighted by atomic mass is 35.5. The monoisotopic (exact) mass is 266 g/mol. The fourth-order valence-electron chi connectivity index (χ4n) is 1.26. The first kappa shape index (κ1) is 18.6. The number of hydrogen-bond acceptors (Lipinski definition) is 3. The largest absolute Gasteiger partial charge is 0.480 e. The molecular formula is C11H23ClN2O3. The number of nitrogens with one attached hydrogen (secondary N) is 1. The molecule has 5 nitrogen and oxygen atoms in total. The van der Waals surface area contributed by atoms with E-state index in [9.17, 15) is 9.59 Å². The number of carboxylic acids is 1. The van der Waals surface area contributed by atoms with Gasteiger partial charge < -0.3 is 16.2 Å². The van der Waals surface area contributed by atoms with Gasteiger partial charge in [-0.3, -0.25) is 4.79 Å². The van der Waals surface area contributed by atoms with E-state index in [2.05, 4.69) is 5.32 Å². The second-order valence-corrected chi connectivity index (χ2v) is 4.80. The maximum absolute atomic E-state index is 11.6. The Kier molecular flexibility index (Phi) is 9.06. The van der Waals surface area contributed by atoms with Crippen LogP contribution in [0.4, 0.5) is 0 Å². The third kappa shape index (κ3) is 7.18. The van der Waals surface area contributed by atoms with E-state index in [1.165, 1.54) is 0 Å². The van der Waals surface area contributed by atoms with Gasteiger partial charge in [-0.2, -0.15) is 0 Å². The zero-order valence-electron chi connectivity index (χ0n) is 10.8. The van der Waals surface area contributed by atoms with Crippen LogP contribution >= 0.6 is 12.4 Å². The lowest BCUT2D eigenvalue weighted by atomic mass is 10.0. The molecule has 0 spiro atoms. The number of carboxylic acid groups (broad SMARTS) is 1. The average molecular weight is 267 g/mol. The number of rotatable bonds is 6. The number of aliphatic carboxylic acids is 1. The zero-order chi connectivity index (χ0) is 12.9. The highest BCUT2D eigenvalue weighted by Gasteiger charge is 2.25. The molecular weight excluding hydrogens is 244 g/mol. The maximum Gasteiger partial charge on any atom is 0.326 e. The van der Waals surface area contributed by atoms with Gasteiger partial charge in [-0.1, -0.05) is 27.7 Å². The molecule has 0 aliphatic rings. The average Bonchev–Trinajstić information content (AvgIpc) is 2.14. The van der Waals surface area contributed by atoms with Crippen LogP contribution in [-0.4, -0.2) is 29.1 Å². The van der Waals surface area contributed by atoms with E-state index in [0.29, 0.717) is 6.42 Å². The fraction of sp³-hybridized carbons (Fsp3) is 0.818. The number of nitrogens with two attached hydrogens (primary N) is 1. The van der Waals surface area contributed by atoms with Gasteiger partial charge in [-0.25, -0.2) is 4.79 Å². The third-order valence-electron chi connectivity index (χ3n) is 2.34. The predicted molar refractivity (Wildman–Crippen MR) is 69.1 cm³/mol. The van der Waals surface area contributed by atoms with Crippen LogP contribution in [0.2, 0.25) is 0 Å². The molecule has 0 unspecified atom stereocenters. The molecule has 0 heterocycles. The van der Waals surface area contributed by atoms with E-state index in [0.717, 1.165) is 0 Å². The molecule has 0 saturated carbocycles. The van der Waals surface area contributed by atoms with Gasteiger partial charge in [-0.15, -0.1) is 12.4 Å². The van der Waals surface area contributed by atoms with Gasteiger partial charge in [0.1, 0.15) is 6.04 Å². The Hall–Kier alpha value is -0.810.